The molecule has 1 rings (SSSR count). The molecule has 0 fully saturated rings. The van der Waals surface area contributed by atoms with E-state index < -0.39 is 24.7 Å². The highest BCUT2D eigenvalue weighted by molar-refractivity contribution is 5.97. The summed E-state index contributed by atoms with van der Waals surface area (Å²) >= 11 is 0. The number of halogens is 3. The molecule has 0 heterocycles. The second-order valence-corrected chi connectivity index (χ2v) is 4.32. The summed E-state index contributed by atoms with van der Waals surface area (Å²) in [6, 6.07) is 4.09. The number of aryl methyl sites for hydroxylation is 1. The van der Waals surface area contributed by atoms with Gasteiger partial charge in [0.25, 0.3) is 5.91 Å². The van der Waals surface area contributed by atoms with Crippen molar-refractivity contribution in [3.8, 4) is 0 Å². The van der Waals surface area contributed by atoms with Crippen LogP contribution in [0.5, 0.6) is 0 Å². The molecular formula is C13H14F3NO4. The van der Waals surface area contributed by atoms with Crippen molar-refractivity contribution in [1.29, 1.82) is 0 Å². The first-order chi connectivity index (χ1) is 9.69. The van der Waals surface area contributed by atoms with Crippen molar-refractivity contribution in [2.45, 2.75) is 13.1 Å². The number of nitrogens with one attached hydrogen (secondary N) is 1. The molecule has 0 saturated carbocycles. The third-order valence-corrected chi connectivity index (χ3v) is 2.38. The number of carbonyl (C=O) groups is 2. The number of carboxylic acid groups (broad SMARTS) is 1. The fourth-order valence-corrected chi connectivity index (χ4v) is 1.56. The Balaban J connectivity index is 2.51. The molecule has 2 N–H and O–H groups in total. The van der Waals surface area contributed by atoms with Crippen LogP contribution in [0.15, 0.2) is 18.2 Å². The quantitative estimate of drug-likeness (QED) is 0.788. The molecule has 0 aliphatic heterocycles. The van der Waals surface area contributed by atoms with Gasteiger partial charge in [0.2, 0.25) is 0 Å². The number of alkyl halides is 3. The standard InChI is InChI=1S/C13H14F3NO4/c1-8-4-9(6-10(5-8)12(19)20)11(18)17-2-3-21-7-13(14,15)16/h4-6H,2-3,7H2,1H3,(H,17,18)(H,19,20). The minimum absolute atomic E-state index is 0.0338. The van der Waals surface area contributed by atoms with E-state index in [0.717, 1.165) is 0 Å². The van der Waals surface area contributed by atoms with Crippen LogP contribution in [0.1, 0.15) is 26.3 Å². The Morgan fingerprint density at radius 2 is 1.86 bits per heavy atom. The summed E-state index contributed by atoms with van der Waals surface area (Å²) in [6.45, 7) is -0.139. The van der Waals surface area contributed by atoms with E-state index in [-0.39, 0.29) is 24.3 Å². The zero-order valence-electron chi connectivity index (χ0n) is 11.2. The largest absolute Gasteiger partial charge is 0.478 e. The van der Waals surface area contributed by atoms with Crippen LogP contribution < -0.4 is 5.32 Å². The average Bonchev–Trinajstić information content (AvgIpc) is 2.35. The third kappa shape index (κ3) is 6.26. The number of hydrogen-bond acceptors (Lipinski definition) is 3. The number of carboxylic acids is 1. The van der Waals surface area contributed by atoms with Gasteiger partial charge in [0, 0.05) is 12.1 Å². The van der Waals surface area contributed by atoms with E-state index in [4.69, 9.17) is 5.11 Å². The molecule has 1 aromatic rings. The Bertz CT molecular complexity index is 529. The second kappa shape index (κ2) is 7.07. The Morgan fingerprint density at radius 1 is 1.24 bits per heavy atom. The number of hydrogen-bond donors (Lipinski definition) is 2. The SMILES string of the molecule is Cc1cc(C(=O)O)cc(C(=O)NCCOCC(F)(F)F)c1. The molecule has 0 aliphatic carbocycles. The van der Waals surface area contributed by atoms with Crippen molar-refractivity contribution in [2.75, 3.05) is 19.8 Å². The van der Waals surface area contributed by atoms with Crippen LogP contribution in [-0.2, 0) is 4.74 Å². The summed E-state index contributed by atoms with van der Waals surface area (Å²) in [5, 5.41) is 11.2. The lowest BCUT2D eigenvalue weighted by Gasteiger charge is -2.09. The van der Waals surface area contributed by atoms with Crippen LogP contribution in [0, 0.1) is 6.92 Å². The van der Waals surface area contributed by atoms with Crippen molar-refractivity contribution in [2.24, 2.45) is 0 Å². The smallest absolute Gasteiger partial charge is 0.411 e. The van der Waals surface area contributed by atoms with Crippen LogP contribution in [0.25, 0.3) is 0 Å². The zero-order valence-corrected chi connectivity index (χ0v) is 11.2. The molecule has 1 amide bonds. The van der Waals surface area contributed by atoms with Crippen LogP contribution in [0.2, 0.25) is 0 Å². The molecule has 0 bridgehead atoms. The van der Waals surface area contributed by atoms with Crippen molar-refractivity contribution in [3.63, 3.8) is 0 Å². The third-order valence-electron chi connectivity index (χ3n) is 2.38. The highest BCUT2D eigenvalue weighted by atomic mass is 19.4. The van der Waals surface area contributed by atoms with E-state index in [1.54, 1.807) is 6.92 Å². The summed E-state index contributed by atoms with van der Waals surface area (Å²) in [6.07, 6.45) is -4.41. The predicted octanol–water partition coefficient (Wildman–Crippen LogP) is 2.00. The van der Waals surface area contributed by atoms with E-state index in [9.17, 15) is 22.8 Å². The highest BCUT2D eigenvalue weighted by Crippen LogP contribution is 2.14. The first-order valence-corrected chi connectivity index (χ1v) is 5.97. The minimum atomic E-state index is -4.41. The van der Waals surface area contributed by atoms with Gasteiger partial charge in [-0.25, -0.2) is 4.79 Å². The topological polar surface area (TPSA) is 75.6 Å². The molecule has 0 aromatic heterocycles. The van der Waals surface area contributed by atoms with Crippen LogP contribution >= 0.6 is 0 Å². The molecule has 116 valence electrons. The van der Waals surface area contributed by atoms with Crippen LogP contribution in [-0.4, -0.2) is 42.9 Å². The van der Waals surface area contributed by atoms with E-state index in [1.807, 2.05) is 0 Å². The molecule has 8 heteroatoms. The Hall–Kier alpha value is -2.09. The maximum atomic E-state index is 11.8. The Morgan fingerprint density at radius 3 is 2.43 bits per heavy atom. The maximum absolute atomic E-state index is 11.8. The molecule has 0 atom stereocenters. The van der Waals surface area contributed by atoms with E-state index in [0.29, 0.717) is 5.56 Å². The molecule has 0 spiro atoms. The monoisotopic (exact) mass is 305 g/mol. The van der Waals surface area contributed by atoms with Gasteiger partial charge in [-0.2, -0.15) is 13.2 Å². The van der Waals surface area contributed by atoms with Gasteiger partial charge in [0.1, 0.15) is 6.61 Å². The van der Waals surface area contributed by atoms with Gasteiger partial charge in [-0.1, -0.05) is 0 Å². The lowest BCUT2D eigenvalue weighted by atomic mass is 10.1. The zero-order chi connectivity index (χ0) is 16.0. The summed E-state index contributed by atoms with van der Waals surface area (Å²) in [5.41, 5.74) is 0.685. The average molecular weight is 305 g/mol. The number of carbonyl (C=O) groups excluding carboxylic acids is 1. The van der Waals surface area contributed by atoms with Crippen molar-refractivity contribution >= 4 is 11.9 Å². The molecule has 21 heavy (non-hydrogen) atoms. The normalized spacial score (nSPS) is 11.2. The fourth-order valence-electron chi connectivity index (χ4n) is 1.56. The lowest BCUT2D eigenvalue weighted by Crippen LogP contribution is -2.29. The van der Waals surface area contributed by atoms with Gasteiger partial charge in [0.15, 0.2) is 0 Å². The Labute approximate surface area is 118 Å². The first kappa shape index (κ1) is 17.0. The lowest BCUT2D eigenvalue weighted by molar-refractivity contribution is -0.173. The predicted molar refractivity (Wildman–Crippen MR) is 67.3 cm³/mol. The molecule has 0 saturated heterocycles. The van der Waals surface area contributed by atoms with Gasteiger partial charge < -0.3 is 15.2 Å². The van der Waals surface area contributed by atoms with Crippen LogP contribution in [0.3, 0.4) is 0 Å². The molecule has 0 unspecified atom stereocenters. The molecule has 1 aromatic carbocycles. The summed E-state index contributed by atoms with van der Waals surface area (Å²) in [5.74, 6) is -1.74. The maximum Gasteiger partial charge on any atom is 0.411 e. The number of rotatable bonds is 6. The van der Waals surface area contributed by atoms with E-state index in [2.05, 4.69) is 10.1 Å². The summed E-state index contributed by atoms with van der Waals surface area (Å²) in [4.78, 5) is 22.6. The van der Waals surface area contributed by atoms with Crippen molar-refractivity contribution in [1.82, 2.24) is 5.32 Å². The summed E-state index contributed by atoms with van der Waals surface area (Å²) in [7, 11) is 0. The van der Waals surface area contributed by atoms with E-state index >= 15 is 0 Å². The molecular weight excluding hydrogens is 291 g/mol. The van der Waals surface area contributed by atoms with Gasteiger partial charge >= 0.3 is 12.1 Å². The van der Waals surface area contributed by atoms with Gasteiger partial charge in [-0.15, -0.1) is 0 Å². The minimum Gasteiger partial charge on any atom is -0.478 e. The number of benzene rings is 1. The Kier molecular flexibility index (Phi) is 5.71. The highest BCUT2D eigenvalue weighted by Gasteiger charge is 2.27. The van der Waals surface area contributed by atoms with Gasteiger partial charge in [-0.3, -0.25) is 4.79 Å². The van der Waals surface area contributed by atoms with Crippen LogP contribution in [0.4, 0.5) is 13.2 Å². The van der Waals surface area contributed by atoms with Crippen molar-refractivity contribution < 1.29 is 32.6 Å². The van der Waals surface area contributed by atoms with Gasteiger partial charge in [0.05, 0.1) is 12.2 Å². The summed E-state index contributed by atoms with van der Waals surface area (Å²) < 4.78 is 39.7. The second-order valence-electron chi connectivity index (χ2n) is 4.32. The number of aromatic carboxylic acids is 1. The fraction of sp³-hybridized carbons (Fsp3) is 0.385. The van der Waals surface area contributed by atoms with E-state index in [1.165, 1.54) is 18.2 Å². The first-order valence-electron chi connectivity index (χ1n) is 5.97. The van der Waals surface area contributed by atoms with Gasteiger partial charge in [-0.05, 0) is 30.7 Å². The number of amides is 1. The molecule has 0 aliphatic rings. The number of ether oxygens (including phenoxy) is 1. The molecule has 5 nitrogen and oxygen atoms in total. The van der Waals surface area contributed by atoms with Crippen molar-refractivity contribution in [3.05, 3.63) is 34.9 Å². The molecule has 0 radical (unpaired) electrons.